The van der Waals surface area contributed by atoms with Crippen molar-refractivity contribution in [2.45, 2.75) is 10.8 Å². The number of anilines is 6. The first-order valence-corrected chi connectivity index (χ1v) is 25.3. The van der Waals surface area contributed by atoms with Crippen LogP contribution in [0, 0.1) is 0 Å². The van der Waals surface area contributed by atoms with E-state index in [9.17, 15) is 0 Å². The minimum absolute atomic E-state index is 0.514. The van der Waals surface area contributed by atoms with Crippen LogP contribution in [-0.4, -0.2) is 0 Å². The molecule has 0 radical (unpaired) electrons. The summed E-state index contributed by atoms with van der Waals surface area (Å²) in [4.78, 5) is 4.96. The largest absolute Gasteiger partial charge is 0.310 e. The Hall–Kier alpha value is -8.76. The van der Waals surface area contributed by atoms with Crippen molar-refractivity contribution in [3.8, 4) is 11.1 Å². The molecule has 0 saturated carbocycles. The lowest BCUT2D eigenvalue weighted by Crippen LogP contribution is -2.37. The number of fused-ring (bicyclic) bond motifs is 7. The molecule has 2 nitrogen and oxygen atoms in total. The highest BCUT2D eigenvalue weighted by atomic mass is 32.1. The first-order chi connectivity index (χ1) is 35.2. The predicted molar refractivity (Wildman–Crippen MR) is 298 cm³/mol. The Morgan fingerprint density at radius 1 is 0.254 bits per heavy atom. The molecule has 2 aliphatic heterocycles. The third-order valence-electron chi connectivity index (χ3n) is 15.2. The van der Waals surface area contributed by atoms with E-state index in [0.717, 1.165) is 11.4 Å². The molecule has 11 aromatic carbocycles. The molecule has 0 atom stereocenters. The summed E-state index contributed by atoms with van der Waals surface area (Å²) in [6, 6.07) is 103. The number of hydrogen-bond donors (Lipinski definition) is 0. The lowest BCUT2D eigenvalue weighted by molar-refractivity contribution is 0.731. The summed E-state index contributed by atoms with van der Waals surface area (Å²) in [6.07, 6.45) is 0. The van der Waals surface area contributed by atoms with Crippen molar-refractivity contribution in [3.05, 3.63) is 324 Å². The van der Waals surface area contributed by atoms with E-state index in [-0.39, 0.29) is 0 Å². The molecule has 3 heterocycles. The minimum Gasteiger partial charge on any atom is -0.310 e. The van der Waals surface area contributed by atoms with Gasteiger partial charge in [0.15, 0.2) is 0 Å². The van der Waals surface area contributed by atoms with Crippen LogP contribution < -0.4 is 9.80 Å². The summed E-state index contributed by atoms with van der Waals surface area (Å²) in [5.41, 5.74) is 18.4. The molecule has 0 spiro atoms. The van der Waals surface area contributed by atoms with Gasteiger partial charge in [-0.2, -0.15) is 0 Å². The molecule has 3 heteroatoms. The molecule has 2 aliphatic rings. The van der Waals surface area contributed by atoms with Crippen LogP contribution in [0.15, 0.2) is 279 Å². The Morgan fingerprint density at radius 3 is 1.01 bits per heavy atom. The number of thiophene rings is 1. The fourth-order valence-electron chi connectivity index (χ4n) is 12.3. The number of rotatable bonds is 7. The van der Waals surface area contributed by atoms with Crippen LogP contribution in [0.5, 0.6) is 0 Å². The van der Waals surface area contributed by atoms with Gasteiger partial charge in [-0.25, -0.2) is 0 Å². The zero-order chi connectivity index (χ0) is 46.9. The quantitative estimate of drug-likeness (QED) is 0.157. The van der Waals surface area contributed by atoms with E-state index in [0.29, 0.717) is 0 Å². The highest BCUT2D eigenvalue weighted by Crippen LogP contribution is 2.60. The maximum Gasteiger partial charge on any atom is 0.0742 e. The number of nitrogens with zero attached hydrogens (tertiary/aromatic N) is 2. The number of para-hydroxylation sites is 4. The van der Waals surface area contributed by atoms with Gasteiger partial charge in [0.05, 0.1) is 33.6 Å². The molecule has 0 saturated heterocycles. The maximum absolute atomic E-state index is 2.49. The average molecular weight is 923 g/mol. The second kappa shape index (κ2) is 16.4. The number of benzene rings is 11. The van der Waals surface area contributed by atoms with Crippen molar-refractivity contribution in [2.75, 3.05) is 9.80 Å². The first-order valence-electron chi connectivity index (χ1n) is 24.5. The molecule has 0 amide bonds. The third-order valence-corrected chi connectivity index (χ3v) is 16.3. The summed E-state index contributed by atoms with van der Waals surface area (Å²) in [5, 5.41) is 2.52. The van der Waals surface area contributed by atoms with E-state index in [1.807, 2.05) is 11.3 Å². The van der Waals surface area contributed by atoms with Gasteiger partial charge in [0.2, 0.25) is 0 Å². The number of hydrogen-bond acceptors (Lipinski definition) is 3. The molecule has 0 fully saturated rings. The highest BCUT2D eigenvalue weighted by molar-refractivity contribution is 7.25. The SMILES string of the molecule is c1ccc(C2(c3ccccc3)c3ccccc3N(c3cccc(-c4ccc5sc6ccc(N7c8ccccc8C(c8ccccc8)(c8ccccc8)c8ccccc87)cc6c5c4)c3)c3ccccc32)cc1. The van der Waals surface area contributed by atoms with Crippen molar-refractivity contribution in [2.24, 2.45) is 0 Å². The molecule has 0 bridgehead atoms. The average Bonchev–Trinajstić information content (AvgIpc) is 3.82. The monoisotopic (exact) mass is 922 g/mol. The Bertz CT molecular complexity index is 3780. The van der Waals surface area contributed by atoms with E-state index in [4.69, 9.17) is 0 Å². The summed E-state index contributed by atoms with van der Waals surface area (Å²) in [6.45, 7) is 0. The zero-order valence-corrected chi connectivity index (χ0v) is 39.7. The predicted octanol–water partition coefficient (Wildman–Crippen LogP) is 18.1. The summed E-state index contributed by atoms with van der Waals surface area (Å²) < 4.78 is 2.55. The van der Waals surface area contributed by atoms with Gasteiger partial charge in [0, 0.05) is 31.5 Å². The van der Waals surface area contributed by atoms with Crippen LogP contribution in [0.2, 0.25) is 0 Å². The molecular formula is C68H46N2S. The Kier molecular flexibility index (Phi) is 9.55. The summed E-state index contributed by atoms with van der Waals surface area (Å²) in [5.74, 6) is 0. The van der Waals surface area contributed by atoms with Gasteiger partial charge in [0.25, 0.3) is 0 Å². The molecule has 14 rings (SSSR count). The van der Waals surface area contributed by atoms with Crippen LogP contribution in [0.1, 0.15) is 44.5 Å². The van der Waals surface area contributed by atoms with Crippen molar-refractivity contribution in [1.82, 2.24) is 0 Å². The van der Waals surface area contributed by atoms with Gasteiger partial charge >= 0.3 is 0 Å². The zero-order valence-electron chi connectivity index (χ0n) is 38.9. The molecule has 1 aromatic heterocycles. The van der Waals surface area contributed by atoms with Crippen LogP contribution in [0.4, 0.5) is 34.1 Å². The fraction of sp³-hybridized carbons (Fsp3) is 0.0294. The van der Waals surface area contributed by atoms with E-state index in [1.165, 1.54) is 98.6 Å². The van der Waals surface area contributed by atoms with E-state index in [1.54, 1.807) is 0 Å². The highest BCUT2D eigenvalue weighted by Gasteiger charge is 2.48. The standard InChI is InChI=1S/C68H46N2S/c1-5-23-49(24-6-1)67(50-25-7-2-8-26-50)57-32-13-17-36-61(57)69(62-37-18-14-33-58(62)67)53-31-21-22-47(44-53)48-40-42-65-55(45-48)56-46-54(41-43-66(56)71-65)70-63-38-19-15-34-59(63)68(51-27-9-3-10-28-51,52-29-11-4-12-30-52)60-35-16-20-39-64(60)70/h1-46H. The summed E-state index contributed by atoms with van der Waals surface area (Å²) in [7, 11) is 0. The Labute approximate surface area is 418 Å². The second-order valence-electron chi connectivity index (χ2n) is 18.7. The molecule has 0 N–H and O–H groups in total. The van der Waals surface area contributed by atoms with Crippen molar-refractivity contribution in [3.63, 3.8) is 0 Å². The van der Waals surface area contributed by atoms with Crippen molar-refractivity contribution < 1.29 is 0 Å². The van der Waals surface area contributed by atoms with Crippen molar-refractivity contribution >= 4 is 65.6 Å². The lowest BCUT2D eigenvalue weighted by atomic mass is 9.62. The van der Waals surface area contributed by atoms with E-state index >= 15 is 0 Å². The third kappa shape index (κ3) is 6.13. The van der Waals surface area contributed by atoms with Gasteiger partial charge in [-0.15, -0.1) is 11.3 Å². The van der Waals surface area contributed by atoms with Crippen molar-refractivity contribution in [1.29, 1.82) is 0 Å². The Morgan fingerprint density at radius 2 is 0.592 bits per heavy atom. The van der Waals surface area contributed by atoms with Crippen LogP contribution >= 0.6 is 11.3 Å². The lowest BCUT2D eigenvalue weighted by Gasteiger charge is -2.46. The molecule has 0 unspecified atom stereocenters. The van der Waals surface area contributed by atoms with Gasteiger partial charge in [-0.3, -0.25) is 0 Å². The maximum atomic E-state index is 2.49. The second-order valence-corrected chi connectivity index (χ2v) is 19.8. The molecule has 0 aliphatic carbocycles. The minimum atomic E-state index is -0.515. The Balaban J connectivity index is 0.903. The van der Waals surface area contributed by atoms with Gasteiger partial charge in [-0.05, 0) is 122 Å². The van der Waals surface area contributed by atoms with E-state index in [2.05, 4.69) is 289 Å². The van der Waals surface area contributed by atoms with Crippen LogP contribution in [0.3, 0.4) is 0 Å². The molecule has 71 heavy (non-hydrogen) atoms. The summed E-state index contributed by atoms with van der Waals surface area (Å²) >= 11 is 1.87. The van der Waals surface area contributed by atoms with Crippen LogP contribution in [-0.2, 0) is 10.8 Å². The molecule has 334 valence electrons. The molecule has 12 aromatic rings. The van der Waals surface area contributed by atoms with Gasteiger partial charge < -0.3 is 9.80 Å². The topological polar surface area (TPSA) is 6.48 Å². The normalized spacial score (nSPS) is 14.1. The van der Waals surface area contributed by atoms with E-state index < -0.39 is 10.8 Å². The van der Waals surface area contributed by atoms with Gasteiger partial charge in [0.1, 0.15) is 0 Å². The van der Waals surface area contributed by atoms with Gasteiger partial charge in [-0.1, -0.05) is 212 Å². The van der Waals surface area contributed by atoms with Crippen LogP contribution in [0.25, 0.3) is 31.3 Å². The first kappa shape index (κ1) is 41.2. The fourth-order valence-corrected chi connectivity index (χ4v) is 13.4. The molecular weight excluding hydrogens is 877 g/mol. The smallest absolute Gasteiger partial charge is 0.0742 e.